The van der Waals surface area contributed by atoms with Gasteiger partial charge >= 0.3 is 0 Å². The van der Waals surface area contributed by atoms with E-state index in [9.17, 15) is 10.1 Å². The van der Waals surface area contributed by atoms with Gasteiger partial charge in [0.25, 0.3) is 5.91 Å². The first-order valence-corrected chi connectivity index (χ1v) is 9.19. The highest BCUT2D eigenvalue weighted by Crippen LogP contribution is 2.40. The van der Waals surface area contributed by atoms with E-state index in [0.29, 0.717) is 35.2 Å². The highest BCUT2D eigenvalue weighted by Gasteiger charge is 2.32. The van der Waals surface area contributed by atoms with Crippen molar-refractivity contribution in [3.05, 3.63) is 22.9 Å². The van der Waals surface area contributed by atoms with E-state index in [4.69, 9.17) is 4.74 Å². The number of morpholine rings is 1. The van der Waals surface area contributed by atoms with Gasteiger partial charge in [-0.25, -0.2) is 4.98 Å². The van der Waals surface area contributed by atoms with Gasteiger partial charge in [-0.3, -0.25) is 4.79 Å². The molecule has 3 rings (SSSR count). The third-order valence-electron chi connectivity index (χ3n) is 4.24. The van der Waals surface area contributed by atoms with Crippen molar-refractivity contribution in [2.24, 2.45) is 0 Å². The van der Waals surface area contributed by atoms with E-state index in [1.54, 1.807) is 4.90 Å². The molecule has 1 saturated carbocycles. The van der Waals surface area contributed by atoms with E-state index < -0.39 is 0 Å². The second-order valence-electron chi connectivity index (χ2n) is 6.33. The van der Waals surface area contributed by atoms with Crippen LogP contribution in [0.2, 0.25) is 0 Å². The number of ether oxygens (including phenoxy) is 1. The Labute approximate surface area is 141 Å². The lowest BCUT2D eigenvalue weighted by Crippen LogP contribution is -2.48. The summed E-state index contributed by atoms with van der Waals surface area (Å²) < 4.78 is 5.70. The Hall–Kier alpha value is -1.58. The third kappa shape index (κ3) is 3.36. The van der Waals surface area contributed by atoms with Crippen LogP contribution in [0.25, 0.3) is 0 Å². The zero-order valence-corrected chi connectivity index (χ0v) is 14.5. The van der Waals surface area contributed by atoms with Crippen LogP contribution in [0.4, 0.5) is 0 Å². The predicted octanol–water partition coefficient (Wildman–Crippen LogP) is 2.80. The molecule has 0 N–H and O–H groups in total. The average Bonchev–Trinajstić information content (AvgIpc) is 3.36. The fourth-order valence-electron chi connectivity index (χ4n) is 3.07. The van der Waals surface area contributed by atoms with Gasteiger partial charge in [-0.1, -0.05) is 0 Å². The van der Waals surface area contributed by atoms with Crippen LogP contribution in [0.1, 0.15) is 54.2 Å². The normalized spacial score (nSPS) is 24.3. The van der Waals surface area contributed by atoms with E-state index in [2.05, 4.69) is 11.1 Å². The number of rotatable bonds is 3. The molecule has 6 heteroatoms. The molecule has 0 radical (unpaired) electrons. The molecule has 2 atom stereocenters. The van der Waals surface area contributed by atoms with Crippen LogP contribution < -0.4 is 0 Å². The number of nitrogens with zero attached hydrogens (tertiary/aromatic N) is 3. The number of amides is 1. The lowest BCUT2D eigenvalue weighted by Gasteiger charge is -2.35. The van der Waals surface area contributed by atoms with Gasteiger partial charge in [-0.2, -0.15) is 5.26 Å². The summed E-state index contributed by atoms with van der Waals surface area (Å²) in [5, 5.41) is 10.2. The molecule has 2 heterocycles. The average molecular weight is 331 g/mol. The Kier molecular flexibility index (Phi) is 4.60. The number of nitriles is 1. The van der Waals surface area contributed by atoms with Crippen LogP contribution in [-0.2, 0) is 4.74 Å². The number of pyridine rings is 1. The molecule has 0 unspecified atom stereocenters. The molecule has 122 valence electrons. The molecular formula is C17H21N3O2S. The molecule has 0 bridgehead atoms. The Morgan fingerprint density at radius 3 is 2.57 bits per heavy atom. The summed E-state index contributed by atoms with van der Waals surface area (Å²) in [6.45, 7) is 5.06. The highest BCUT2D eigenvalue weighted by atomic mass is 32.2. The molecule has 1 saturated heterocycles. The van der Waals surface area contributed by atoms with Crippen molar-refractivity contribution in [2.75, 3.05) is 19.3 Å². The van der Waals surface area contributed by atoms with Crippen molar-refractivity contribution in [3.63, 3.8) is 0 Å². The van der Waals surface area contributed by atoms with Gasteiger partial charge in [0.2, 0.25) is 0 Å². The lowest BCUT2D eigenvalue weighted by atomic mass is 10.1. The minimum atomic E-state index is -0.0804. The van der Waals surface area contributed by atoms with Crippen LogP contribution in [0.15, 0.2) is 11.1 Å². The summed E-state index contributed by atoms with van der Waals surface area (Å²) in [6, 6.07) is 4.02. The van der Waals surface area contributed by atoms with Gasteiger partial charge in [-0.05, 0) is 39.0 Å². The van der Waals surface area contributed by atoms with E-state index >= 15 is 0 Å². The first kappa shape index (κ1) is 16.3. The van der Waals surface area contributed by atoms with E-state index in [1.807, 2.05) is 26.2 Å². The topological polar surface area (TPSA) is 66.2 Å². The quantitative estimate of drug-likeness (QED) is 0.797. The first-order chi connectivity index (χ1) is 11.0. The van der Waals surface area contributed by atoms with Gasteiger partial charge in [-0.15, -0.1) is 11.8 Å². The van der Waals surface area contributed by atoms with E-state index in [-0.39, 0.29) is 18.1 Å². The Balaban J connectivity index is 1.98. The van der Waals surface area contributed by atoms with E-state index in [1.165, 1.54) is 11.8 Å². The summed E-state index contributed by atoms with van der Waals surface area (Å²) in [4.78, 5) is 19.4. The number of aromatic nitrogens is 1. The number of carbonyl (C=O) groups excluding carboxylic acids is 1. The van der Waals surface area contributed by atoms with Crippen LogP contribution in [0.3, 0.4) is 0 Å². The molecule has 2 fully saturated rings. The third-order valence-corrected chi connectivity index (χ3v) is 4.93. The zero-order valence-electron chi connectivity index (χ0n) is 13.7. The van der Waals surface area contributed by atoms with Gasteiger partial charge in [0.15, 0.2) is 0 Å². The maximum absolute atomic E-state index is 13.0. The molecule has 2 aliphatic rings. The van der Waals surface area contributed by atoms with Crippen LogP contribution >= 0.6 is 11.8 Å². The van der Waals surface area contributed by atoms with Crippen molar-refractivity contribution >= 4 is 17.7 Å². The highest BCUT2D eigenvalue weighted by molar-refractivity contribution is 7.98. The minimum absolute atomic E-state index is 0.0120. The molecule has 1 aliphatic heterocycles. The fourth-order valence-corrected chi connectivity index (χ4v) is 3.62. The van der Waals surface area contributed by atoms with E-state index in [0.717, 1.165) is 18.5 Å². The van der Waals surface area contributed by atoms with Crippen molar-refractivity contribution in [2.45, 2.75) is 49.8 Å². The molecule has 1 aliphatic carbocycles. The summed E-state index contributed by atoms with van der Waals surface area (Å²) in [5.41, 5.74) is 1.85. The van der Waals surface area contributed by atoms with Gasteiger partial charge in [0.05, 0.1) is 23.3 Å². The Bertz CT molecular complexity index is 657. The number of carbonyl (C=O) groups is 1. The number of hydrogen-bond donors (Lipinski definition) is 0. The molecular weight excluding hydrogens is 310 g/mol. The van der Waals surface area contributed by atoms with Crippen molar-refractivity contribution in [1.82, 2.24) is 9.88 Å². The Morgan fingerprint density at radius 1 is 1.39 bits per heavy atom. The van der Waals surface area contributed by atoms with Crippen LogP contribution in [0.5, 0.6) is 0 Å². The molecule has 1 amide bonds. The fraction of sp³-hybridized carbons (Fsp3) is 0.588. The summed E-state index contributed by atoms with van der Waals surface area (Å²) in [6.07, 6.45) is 4.15. The molecule has 23 heavy (non-hydrogen) atoms. The summed E-state index contributed by atoms with van der Waals surface area (Å²) in [7, 11) is 0. The maximum atomic E-state index is 13.0. The summed E-state index contributed by atoms with van der Waals surface area (Å²) in [5.74, 6) is 0.367. The standard InChI is InChI=1S/C17H21N3O2S/c1-10-8-20(9-11(2)22-10)17(21)13-6-15(12-4-5-12)19-16(23-3)14(13)7-18/h6,10-12H,4-5,8-9H2,1-3H3/t10-,11+. The largest absolute Gasteiger partial charge is 0.372 e. The number of hydrogen-bond acceptors (Lipinski definition) is 5. The van der Waals surface area contributed by atoms with Crippen molar-refractivity contribution < 1.29 is 9.53 Å². The van der Waals surface area contributed by atoms with Gasteiger partial charge in [0.1, 0.15) is 11.1 Å². The molecule has 1 aromatic heterocycles. The zero-order chi connectivity index (χ0) is 16.6. The summed E-state index contributed by atoms with van der Waals surface area (Å²) >= 11 is 1.43. The molecule has 0 aromatic carbocycles. The van der Waals surface area contributed by atoms with Gasteiger partial charge < -0.3 is 9.64 Å². The first-order valence-electron chi connectivity index (χ1n) is 7.97. The van der Waals surface area contributed by atoms with Crippen molar-refractivity contribution in [3.8, 4) is 6.07 Å². The number of thioether (sulfide) groups is 1. The molecule has 0 spiro atoms. The van der Waals surface area contributed by atoms with Crippen molar-refractivity contribution in [1.29, 1.82) is 5.26 Å². The maximum Gasteiger partial charge on any atom is 0.255 e. The van der Waals surface area contributed by atoms with Gasteiger partial charge in [0, 0.05) is 24.7 Å². The smallest absolute Gasteiger partial charge is 0.255 e. The SMILES string of the molecule is CSc1nc(C2CC2)cc(C(=O)N2C[C@@H](C)O[C@@H](C)C2)c1C#N. The Morgan fingerprint density at radius 2 is 2.04 bits per heavy atom. The van der Waals surface area contributed by atoms with Crippen LogP contribution in [0, 0.1) is 11.3 Å². The molecule has 1 aromatic rings. The second kappa shape index (κ2) is 6.50. The monoisotopic (exact) mass is 331 g/mol. The molecule has 5 nitrogen and oxygen atoms in total. The second-order valence-corrected chi connectivity index (χ2v) is 7.13. The van der Waals surface area contributed by atoms with Crippen LogP contribution in [-0.4, -0.2) is 47.3 Å². The predicted molar refractivity (Wildman–Crippen MR) is 88.6 cm³/mol. The lowest BCUT2D eigenvalue weighted by molar-refractivity contribution is -0.0586. The minimum Gasteiger partial charge on any atom is -0.372 e.